The fourth-order valence-electron chi connectivity index (χ4n) is 6.82. The van der Waals surface area contributed by atoms with Crippen LogP contribution in [0.25, 0.3) is 11.1 Å². The number of benzene rings is 6. The molecule has 0 saturated heterocycles. The molecule has 0 aromatic heterocycles. The molecule has 1 aliphatic rings. The summed E-state index contributed by atoms with van der Waals surface area (Å²) in [7, 11) is 0. The highest BCUT2D eigenvalue weighted by molar-refractivity contribution is 5.86. The molecule has 0 unspecified atom stereocenters. The molecule has 0 heterocycles. The van der Waals surface area contributed by atoms with Gasteiger partial charge in [-0.05, 0) is 93.7 Å². The summed E-state index contributed by atoms with van der Waals surface area (Å²) in [5.74, 6) is 2.94. The third-order valence-corrected chi connectivity index (χ3v) is 8.98. The van der Waals surface area contributed by atoms with Crippen LogP contribution in [-0.4, -0.2) is 0 Å². The third kappa shape index (κ3) is 4.70. The zero-order valence-corrected chi connectivity index (χ0v) is 25.6. The second kappa shape index (κ2) is 11.5. The minimum atomic E-state index is -0.537. The van der Waals surface area contributed by atoms with Crippen LogP contribution in [0.5, 0.6) is 23.0 Å². The maximum absolute atomic E-state index is 6.38. The van der Waals surface area contributed by atoms with Gasteiger partial charge in [0.1, 0.15) is 11.5 Å². The molecule has 0 saturated carbocycles. The summed E-state index contributed by atoms with van der Waals surface area (Å²) in [6.45, 7) is 4.22. The Morgan fingerprint density at radius 3 is 1.27 bits per heavy atom. The van der Waals surface area contributed by atoms with E-state index < -0.39 is 5.41 Å². The molecule has 0 amide bonds. The quantitative estimate of drug-likeness (QED) is 0.173. The van der Waals surface area contributed by atoms with Crippen LogP contribution in [0.2, 0.25) is 0 Å². The highest BCUT2D eigenvalue weighted by Gasteiger charge is 2.45. The summed E-state index contributed by atoms with van der Waals surface area (Å²) >= 11 is 0. The molecule has 4 N–H and O–H groups in total. The van der Waals surface area contributed by atoms with Gasteiger partial charge in [-0.2, -0.15) is 0 Å². The van der Waals surface area contributed by atoms with Gasteiger partial charge in [-0.3, -0.25) is 0 Å². The molecule has 0 radical (unpaired) electrons. The lowest BCUT2D eigenvalue weighted by molar-refractivity contribution is 0.478. The van der Waals surface area contributed by atoms with E-state index in [0.717, 1.165) is 58.1 Å². The van der Waals surface area contributed by atoms with Crippen LogP contribution in [-0.2, 0) is 18.3 Å². The first-order valence-electron chi connectivity index (χ1n) is 15.6. The summed E-state index contributed by atoms with van der Waals surface area (Å²) in [5, 5.41) is 0. The second-order valence-corrected chi connectivity index (χ2v) is 11.5. The van der Waals surface area contributed by atoms with Crippen LogP contribution < -0.4 is 20.9 Å². The molecule has 0 fully saturated rings. The van der Waals surface area contributed by atoms with E-state index in [2.05, 4.69) is 123 Å². The van der Waals surface area contributed by atoms with E-state index in [1.54, 1.807) is 0 Å². The normalized spacial score (nSPS) is 12.8. The predicted octanol–water partition coefficient (Wildman–Crippen LogP) is 9.92. The lowest BCUT2D eigenvalue weighted by Gasteiger charge is -2.34. The van der Waals surface area contributed by atoms with Crippen LogP contribution in [0.15, 0.2) is 133 Å². The first kappa shape index (κ1) is 28.3. The van der Waals surface area contributed by atoms with Crippen molar-refractivity contribution in [3.8, 4) is 34.1 Å². The van der Waals surface area contributed by atoms with Crippen molar-refractivity contribution in [3.63, 3.8) is 0 Å². The Balaban J connectivity index is 1.35. The number of hydrogen-bond donors (Lipinski definition) is 2. The van der Waals surface area contributed by atoms with Crippen molar-refractivity contribution in [1.82, 2.24) is 0 Å². The largest absolute Gasteiger partial charge is 0.455 e. The lowest BCUT2D eigenvalue weighted by Crippen LogP contribution is -2.28. The van der Waals surface area contributed by atoms with Crippen LogP contribution >= 0.6 is 0 Å². The van der Waals surface area contributed by atoms with E-state index in [9.17, 15) is 0 Å². The maximum atomic E-state index is 6.38. The number of aryl methyl sites for hydroxylation is 2. The Kier molecular flexibility index (Phi) is 7.26. The van der Waals surface area contributed by atoms with Gasteiger partial charge in [-0.15, -0.1) is 0 Å². The summed E-state index contributed by atoms with van der Waals surface area (Å²) < 4.78 is 12.8. The Bertz CT molecular complexity index is 1850. The van der Waals surface area contributed by atoms with Crippen molar-refractivity contribution in [2.75, 3.05) is 11.5 Å². The van der Waals surface area contributed by atoms with E-state index in [-0.39, 0.29) is 0 Å². The minimum Gasteiger partial charge on any atom is -0.455 e. The van der Waals surface area contributed by atoms with E-state index >= 15 is 0 Å². The number of anilines is 2. The standard InChI is InChI=1S/C41H36N2O2/c1-3-27-11-9-17-37(42)39(27)44-31-23-19-29(20-24-31)41(35-15-7-5-13-33(35)34-14-6-8-16-36(34)41)30-21-25-32(26-22-30)45-40-28(4-2)12-10-18-38(40)43/h5-26H,3-4,42-43H2,1-2H3. The first-order chi connectivity index (χ1) is 22.0. The summed E-state index contributed by atoms with van der Waals surface area (Å²) in [6, 6.07) is 46.2. The second-order valence-electron chi connectivity index (χ2n) is 11.5. The number of nitrogens with two attached hydrogens (primary N) is 2. The number of hydrogen-bond acceptors (Lipinski definition) is 4. The van der Waals surface area contributed by atoms with Gasteiger partial charge >= 0.3 is 0 Å². The zero-order chi connectivity index (χ0) is 31.0. The van der Waals surface area contributed by atoms with E-state index in [1.807, 2.05) is 24.3 Å². The number of rotatable bonds is 8. The molecular formula is C41H36N2O2. The lowest BCUT2D eigenvalue weighted by atomic mass is 9.68. The van der Waals surface area contributed by atoms with Gasteiger partial charge in [-0.25, -0.2) is 0 Å². The fraction of sp³-hybridized carbons (Fsp3) is 0.122. The average Bonchev–Trinajstić information content (AvgIpc) is 3.38. The Morgan fingerprint density at radius 1 is 0.467 bits per heavy atom. The van der Waals surface area contributed by atoms with Gasteiger partial charge in [0.15, 0.2) is 11.5 Å². The molecule has 7 rings (SSSR count). The van der Waals surface area contributed by atoms with Gasteiger partial charge in [0.05, 0.1) is 16.8 Å². The van der Waals surface area contributed by atoms with Crippen LogP contribution in [0, 0.1) is 0 Å². The van der Waals surface area contributed by atoms with Crippen molar-refractivity contribution in [2.45, 2.75) is 32.1 Å². The van der Waals surface area contributed by atoms with Gasteiger partial charge in [0.25, 0.3) is 0 Å². The third-order valence-electron chi connectivity index (χ3n) is 8.98. The monoisotopic (exact) mass is 588 g/mol. The fourth-order valence-corrected chi connectivity index (χ4v) is 6.82. The smallest absolute Gasteiger partial charge is 0.153 e. The van der Waals surface area contributed by atoms with Crippen molar-refractivity contribution < 1.29 is 9.47 Å². The number of para-hydroxylation sites is 2. The predicted molar refractivity (Wildman–Crippen MR) is 184 cm³/mol. The van der Waals surface area contributed by atoms with Gasteiger partial charge < -0.3 is 20.9 Å². The van der Waals surface area contributed by atoms with Gasteiger partial charge in [-0.1, -0.05) is 111 Å². The topological polar surface area (TPSA) is 70.5 Å². The summed E-state index contributed by atoms with van der Waals surface area (Å²) in [5.41, 5.74) is 22.8. The average molecular weight is 589 g/mol. The molecule has 0 spiro atoms. The number of nitrogen functional groups attached to an aromatic ring is 2. The van der Waals surface area contributed by atoms with E-state index in [0.29, 0.717) is 11.4 Å². The van der Waals surface area contributed by atoms with Crippen molar-refractivity contribution in [1.29, 1.82) is 0 Å². The Hall–Kier alpha value is -5.48. The van der Waals surface area contributed by atoms with E-state index in [4.69, 9.17) is 20.9 Å². The number of fused-ring (bicyclic) bond motifs is 3. The molecule has 0 aliphatic heterocycles. The highest BCUT2D eigenvalue weighted by Crippen LogP contribution is 2.56. The van der Waals surface area contributed by atoms with Crippen molar-refractivity contribution >= 4 is 11.4 Å². The number of ether oxygens (including phenoxy) is 2. The highest BCUT2D eigenvalue weighted by atomic mass is 16.5. The van der Waals surface area contributed by atoms with Gasteiger partial charge in [0, 0.05) is 0 Å². The summed E-state index contributed by atoms with van der Waals surface area (Å²) in [6.07, 6.45) is 1.68. The molecule has 4 nitrogen and oxygen atoms in total. The van der Waals surface area contributed by atoms with Crippen molar-refractivity contribution in [2.24, 2.45) is 0 Å². The molecule has 45 heavy (non-hydrogen) atoms. The van der Waals surface area contributed by atoms with Crippen LogP contribution in [0.1, 0.15) is 47.2 Å². The molecular weight excluding hydrogens is 552 g/mol. The molecule has 6 aromatic rings. The molecule has 222 valence electrons. The molecule has 6 aromatic carbocycles. The molecule has 4 heteroatoms. The van der Waals surface area contributed by atoms with Crippen molar-refractivity contribution in [3.05, 3.63) is 167 Å². The molecule has 1 aliphatic carbocycles. The van der Waals surface area contributed by atoms with E-state index in [1.165, 1.54) is 22.3 Å². The zero-order valence-electron chi connectivity index (χ0n) is 25.6. The van der Waals surface area contributed by atoms with Crippen LogP contribution in [0.4, 0.5) is 11.4 Å². The summed E-state index contributed by atoms with van der Waals surface area (Å²) in [4.78, 5) is 0. The maximum Gasteiger partial charge on any atom is 0.153 e. The molecule has 0 atom stereocenters. The molecule has 0 bridgehead atoms. The minimum absolute atomic E-state index is 0.537. The SMILES string of the molecule is CCc1cccc(N)c1Oc1ccc(C2(c3ccc(Oc4c(N)cccc4CC)cc3)c3ccccc3-c3ccccc32)cc1. The van der Waals surface area contributed by atoms with Gasteiger partial charge in [0.2, 0.25) is 0 Å². The van der Waals surface area contributed by atoms with Crippen LogP contribution in [0.3, 0.4) is 0 Å². The Morgan fingerprint density at radius 2 is 0.867 bits per heavy atom. The Labute approximate surface area is 264 Å². The first-order valence-corrected chi connectivity index (χ1v) is 15.6.